The third-order valence-electron chi connectivity index (χ3n) is 4.66. The molecule has 2 aromatic rings. The normalized spacial score (nSPS) is 13.1. The van der Waals surface area contributed by atoms with Crippen molar-refractivity contribution in [2.45, 2.75) is 25.9 Å². The number of sulfonamides is 1. The van der Waals surface area contributed by atoms with Crippen molar-refractivity contribution in [1.82, 2.24) is 5.32 Å². The second kappa shape index (κ2) is 9.71. The lowest BCUT2D eigenvalue weighted by Crippen LogP contribution is -2.48. The summed E-state index contributed by atoms with van der Waals surface area (Å²) in [5.74, 6) is 1.24. The van der Waals surface area contributed by atoms with Gasteiger partial charge < -0.3 is 19.5 Å². The van der Waals surface area contributed by atoms with E-state index in [1.54, 1.807) is 56.5 Å². The van der Waals surface area contributed by atoms with Crippen LogP contribution < -0.4 is 23.8 Å². The molecule has 0 unspecified atom stereocenters. The van der Waals surface area contributed by atoms with Crippen LogP contribution in [0, 0.1) is 0 Å². The highest BCUT2D eigenvalue weighted by Gasteiger charge is 2.30. The van der Waals surface area contributed by atoms with Gasteiger partial charge in [0, 0.05) is 11.6 Å². The molecule has 0 heterocycles. The molecule has 0 aromatic heterocycles. The molecule has 0 aliphatic rings. The average Bonchev–Trinajstić information content (AvgIpc) is 2.72. The Labute approximate surface area is 177 Å². The first kappa shape index (κ1) is 23.3. The Kier molecular flexibility index (Phi) is 7.55. The van der Waals surface area contributed by atoms with Crippen LogP contribution in [0.5, 0.6) is 17.2 Å². The van der Waals surface area contributed by atoms with Crippen molar-refractivity contribution in [3.05, 3.63) is 48.0 Å². The van der Waals surface area contributed by atoms with Crippen LogP contribution in [-0.2, 0) is 14.8 Å². The Morgan fingerprint density at radius 2 is 1.60 bits per heavy atom. The van der Waals surface area contributed by atoms with E-state index in [0.29, 0.717) is 28.5 Å². The highest BCUT2D eigenvalue weighted by Crippen LogP contribution is 2.30. The van der Waals surface area contributed by atoms with E-state index in [9.17, 15) is 13.2 Å². The Hall–Kier alpha value is -2.94. The minimum Gasteiger partial charge on any atom is -0.497 e. The molecule has 0 radical (unpaired) electrons. The number of hydrogen-bond donors (Lipinski definition) is 1. The summed E-state index contributed by atoms with van der Waals surface area (Å²) in [6.07, 6.45) is 1.06. The van der Waals surface area contributed by atoms with Crippen LogP contribution in [0.2, 0.25) is 0 Å². The fourth-order valence-electron chi connectivity index (χ4n) is 3.15. The van der Waals surface area contributed by atoms with Crippen molar-refractivity contribution >= 4 is 21.6 Å². The van der Waals surface area contributed by atoms with Crippen molar-refractivity contribution in [1.29, 1.82) is 0 Å². The van der Waals surface area contributed by atoms with Gasteiger partial charge in [0.15, 0.2) is 0 Å². The molecule has 0 bridgehead atoms. The van der Waals surface area contributed by atoms with Gasteiger partial charge in [0.2, 0.25) is 15.9 Å². The number of nitrogens with zero attached hydrogens (tertiary/aromatic N) is 1. The number of nitrogens with one attached hydrogen (secondary N) is 1. The molecule has 0 fully saturated rings. The topological polar surface area (TPSA) is 94.2 Å². The molecule has 0 saturated carbocycles. The van der Waals surface area contributed by atoms with Crippen molar-refractivity contribution in [3.63, 3.8) is 0 Å². The van der Waals surface area contributed by atoms with E-state index in [4.69, 9.17) is 14.2 Å². The molecule has 2 atom stereocenters. The summed E-state index contributed by atoms with van der Waals surface area (Å²) >= 11 is 0. The summed E-state index contributed by atoms with van der Waals surface area (Å²) in [4.78, 5) is 13.0. The van der Waals surface area contributed by atoms with Crippen LogP contribution in [0.25, 0.3) is 0 Å². The minimum absolute atomic E-state index is 0.339. The number of rotatable bonds is 9. The molecule has 0 spiro atoms. The Morgan fingerprint density at radius 3 is 2.17 bits per heavy atom. The van der Waals surface area contributed by atoms with Gasteiger partial charge in [0.1, 0.15) is 23.3 Å². The van der Waals surface area contributed by atoms with Crippen molar-refractivity contribution in [3.8, 4) is 17.2 Å². The summed E-state index contributed by atoms with van der Waals surface area (Å²) in [5, 5.41) is 2.86. The number of benzene rings is 2. The predicted molar refractivity (Wildman–Crippen MR) is 116 cm³/mol. The van der Waals surface area contributed by atoms with Crippen molar-refractivity contribution in [2.24, 2.45) is 0 Å². The molecule has 9 heteroatoms. The van der Waals surface area contributed by atoms with Gasteiger partial charge in [-0.25, -0.2) is 8.42 Å². The standard InChI is InChI=1S/C21H28N2O6S/c1-14(19-13-18(28-4)10-11-20(19)29-5)22-21(24)15(2)23(30(6,25)26)16-8-7-9-17(12-16)27-3/h7-15H,1-6H3,(H,22,24)/t14-,15-/m1/s1. The van der Waals surface area contributed by atoms with Crippen LogP contribution in [0.1, 0.15) is 25.5 Å². The molecule has 164 valence electrons. The second-order valence-electron chi connectivity index (χ2n) is 6.77. The maximum absolute atomic E-state index is 13.0. The fourth-order valence-corrected chi connectivity index (χ4v) is 4.31. The van der Waals surface area contributed by atoms with E-state index in [0.717, 1.165) is 10.6 Å². The van der Waals surface area contributed by atoms with E-state index in [2.05, 4.69) is 5.32 Å². The highest BCUT2D eigenvalue weighted by atomic mass is 32.2. The van der Waals surface area contributed by atoms with Gasteiger partial charge in [0.05, 0.1) is 39.3 Å². The Bertz CT molecular complexity index is 993. The zero-order valence-electron chi connectivity index (χ0n) is 18.0. The summed E-state index contributed by atoms with van der Waals surface area (Å²) in [6.45, 7) is 3.32. The van der Waals surface area contributed by atoms with Gasteiger partial charge in [-0.2, -0.15) is 0 Å². The summed E-state index contributed by atoms with van der Waals surface area (Å²) in [5.41, 5.74) is 1.05. The third-order valence-corrected chi connectivity index (χ3v) is 5.90. The number of ether oxygens (including phenoxy) is 3. The van der Waals surface area contributed by atoms with Crippen LogP contribution in [0.4, 0.5) is 5.69 Å². The van der Waals surface area contributed by atoms with Gasteiger partial charge in [0.25, 0.3) is 0 Å². The van der Waals surface area contributed by atoms with Gasteiger partial charge >= 0.3 is 0 Å². The second-order valence-corrected chi connectivity index (χ2v) is 8.63. The van der Waals surface area contributed by atoms with Crippen LogP contribution in [0.15, 0.2) is 42.5 Å². The van der Waals surface area contributed by atoms with Gasteiger partial charge in [-0.1, -0.05) is 6.07 Å². The SMILES string of the molecule is COc1cccc(N([C@H](C)C(=O)N[C@H](C)c2cc(OC)ccc2OC)S(C)(=O)=O)c1. The molecule has 1 amide bonds. The quantitative estimate of drug-likeness (QED) is 0.650. The van der Waals surface area contributed by atoms with E-state index in [1.165, 1.54) is 21.1 Å². The molecule has 30 heavy (non-hydrogen) atoms. The van der Waals surface area contributed by atoms with E-state index >= 15 is 0 Å². The van der Waals surface area contributed by atoms with E-state index in [1.807, 2.05) is 0 Å². The third kappa shape index (κ3) is 5.35. The lowest BCUT2D eigenvalue weighted by molar-refractivity contribution is -0.122. The van der Waals surface area contributed by atoms with E-state index in [-0.39, 0.29) is 0 Å². The number of anilines is 1. The zero-order chi connectivity index (χ0) is 22.5. The molecule has 8 nitrogen and oxygen atoms in total. The van der Waals surface area contributed by atoms with Crippen molar-refractivity contribution in [2.75, 3.05) is 31.9 Å². The lowest BCUT2D eigenvalue weighted by Gasteiger charge is -2.29. The fraction of sp³-hybridized carbons (Fsp3) is 0.381. The number of amides is 1. The minimum atomic E-state index is -3.74. The van der Waals surface area contributed by atoms with Gasteiger partial charge in [-0.05, 0) is 44.2 Å². The molecule has 0 aliphatic heterocycles. The zero-order valence-corrected chi connectivity index (χ0v) is 18.8. The smallest absolute Gasteiger partial charge is 0.244 e. The summed E-state index contributed by atoms with van der Waals surface area (Å²) in [7, 11) is 0.839. The first-order valence-corrected chi connectivity index (χ1v) is 11.1. The Balaban J connectivity index is 2.32. The molecule has 0 saturated heterocycles. The summed E-state index contributed by atoms with van der Waals surface area (Å²) < 4.78 is 41.9. The maximum atomic E-state index is 13.0. The lowest BCUT2D eigenvalue weighted by atomic mass is 10.1. The summed E-state index contributed by atoms with van der Waals surface area (Å²) in [6, 6.07) is 10.4. The molecule has 2 rings (SSSR count). The first-order valence-electron chi connectivity index (χ1n) is 9.28. The van der Waals surface area contributed by atoms with E-state index < -0.39 is 28.0 Å². The largest absolute Gasteiger partial charge is 0.497 e. The molecule has 2 aromatic carbocycles. The number of methoxy groups -OCH3 is 3. The van der Waals surface area contributed by atoms with Crippen LogP contribution >= 0.6 is 0 Å². The molecular weight excluding hydrogens is 408 g/mol. The Morgan fingerprint density at radius 1 is 0.967 bits per heavy atom. The molecule has 0 aliphatic carbocycles. The first-order chi connectivity index (χ1) is 14.1. The average molecular weight is 437 g/mol. The number of carbonyl (C=O) groups excluding carboxylic acids is 1. The number of hydrogen-bond acceptors (Lipinski definition) is 6. The molecular formula is C21H28N2O6S. The van der Waals surface area contributed by atoms with Gasteiger partial charge in [-0.15, -0.1) is 0 Å². The molecule has 1 N–H and O–H groups in total. The highest BCUT2D eigenvalue weighted by molar-refractivity contribution is 7.92. The van der Waals surface area contributed by atoms with Gasteiger partial charge in [-0.3, -0.25) is 9.10 Å². The predicted octanol–water partition coefficient (Wildman–Crippen LogP) is 2.74. The maximum Gasteiger partial charge on any atom is 0.244 e. The van der Waals surface area contributed by atoms with Crippen molar-refractivity contribution < 1.29 is 27.4 Å². The van der Waals surface area contributed by atoms with Crippen LogP contribution in [0.3, 0.4) is 0 Å². The van der Waals surface area contributed by atoms with Crippen LogP contribution in [-0.4, -0.2) is 48.0 Å². The number of carbonyl (C=O) groups is 1. The monoisotopic (exact) mass is 436 g/mol.